The molecule has 0 aliphatic carbocycles. The molecule has 2 N–H and O–H groups in total. The van der Waals surface area contributed by atoms with Crippen molar-refractivity contribution < 1.29 is 9.90 Å². The molecule has 0 aromatic carbocycles. The SMILES string of the molecule is C=CCSNC(=O)O. The summed E-state index contributed by atoms with van der Waals surface area (Å²) in [7, 11) is 0. The third-order valence-electron chi connectivity index (χ3n) is 0.361. The molecule has 0 atom stereocenters. The molecule has 0 saturated carbocycles. The Morgan fingerprint density at radius 2 is 2.62 bits per heavy atom. The first-order chi connectivity index (χ1) is 3.77. The van der Waals surface area contributed by atoms with Crippen LogP contribution in [0.2, 0.25) is 0 Å². The molecule has 0 aliphatic rings. The second-order valence-corrected chi connectivity index (χ2v) is 1.83. The number of carbonyl (C=O) groups is 1. The van der Waals surface area contributed by atoms with Gasteiger partial charge in [-0.1, -0.05) is 6.08 Å². The molecule has 3 nitrogen and oxygen atoms in total. The minimum atomic E-state index is -1.02. The number of hydrogen-bond donors (Lipinski definition) is 2. The van der Waals surface area contributed by atoms with Gasteiger partial charge in [-0.25, -0.2) is 4.79 Å². The van der Waals surface area contributed by atoms with Crippen LogP contribution in [-0.2, 0) is 0 Å². The highest BCUT2D eigenvalue weighted by Gasteiger charge is 1.88. The summed E-state index contributed by atoms with van der Waals surface area (Å²) in [5.74, 6) is 0.603. The van der Waals surface area contributed by atoms with E-state index in [1.807, 2.05) is 0 Å². The number of carboxylic acid groups (broad SMARTS) is 1. The lowest BCUT2D eigenvalue weighted by Crippen LogP contribution is -2.11. The first kappa shape index (κ1) is 7.36. The Morgan fingerprint density at radius 1 is 2.00 bits per heavy atom. The minimum absolute atomic E-state index is 0.603. The fourth-order valence-electron chi connectivity index (χ4n) is 0.162. The zero-order chi connectivity index (χ0) is 6.41. The molecule has 1 amide bonds. The molecular formula is C4H7NO2S. The van der Waals surface area contributed by atoms with Crippen molar-refractivity contribution in [3.05, 3.63) is 12.7 Å². The smallest absolute Gasteiger partial charge is 0.414 e. The van der Waals surface area contributed by atoms with Gasteiger partial charge >= 0.3 is 6.09 Å². The summed E-state index contributed by atoms with van der Waals surface area (Å²) in [6, 6.07) is 0. The summed E-state index contributed by atoms with van der Waals surface area (Å²) >= 11 is 1.09. The highest BCUT2D eigenvalue weighted by molar-refractivity contribution is 7.98. The fourth-order valence-corrected chi connectivity index (χ4v) is 0.487. The minimum Gasteiger partial charge on any atom is -0.464 e. The van der Waals surface area contributed by atoms with Crippen molar-refractivity contribution in [3.63, 3.8) is 0 Å². The monoisotopic (exact) mass is 133 g/mol. The van der Waals surface area contributed by atoms with Crippen LogP contribution in [0.5, 0.6) is 0 Å². The Labute approximate surface area is 51.9 Å². The van der Waals surface area contributed by atoms with E-state index >= 15 is 0 Å². The molecule has 8 heavy (non-hydrogen) atoms. The lowest BCUT2D eigenvalue weighted by atomic mass is 10.8. The van der Waals surface area contributed by atoms with Gasteiger partial charge in [0.05, 0.1) is 0 Å². The maximum absolute atomic E-state index is 9.71. The lowest BCUT2D eigenvalue weighted by molar-refractivity contribution is 0.202. The topological polar surface area (TPSA) is 49.3 Å². The van der Waals surface area contributed by atoms with Crippen LogP contribution in [0.1, 0.15) is 0 Å². The van der Waals surface area contributed by atoms with Gasteiger partial charge in [0.1, 0.15) is 0 Å². The van der Waals surface area contributed by atoms with Crippen LogP contribution in [-0.4, -0.2) is 17.0 Å². The van der Waals surface area contributed by atoms with Crippen molar-refractivity contribution in [2.24, 2.45) is 0 Å². The largest absolute Gasteiger partial charge is 0.464 e. The van der Waals surface area contributed by atoms with Gasteiger partial charge in [-0.3, -0.25) is 4.72 Å². The predicted molar refractivity (Wildman–Crippen MR) is 33.8 cm³/mol. The van der Waals surface area contributed by atoms with Crippen molar-refractivity contribution in [2.75, 3.05) is 5.75 Å². The Bertz CT molecular complexity index is 94.0. The van der Waals surface area contributed by atoms with Crippen molar-refractivity contribution >= 4 is 18.0 Å². The van der Waals surface area contributed by atoms with E-state index in [1.165, 1.54) is 0 Å². The molecule has 0 radical (unpaired) electrons. The molecule has 0 fully saturated rings. The Balaban J connectivity index is 2.93. The average Bonchev–Trinajstić information content (AvgIpc) is 1.66. The van der Waals surface area contributed by atoms with E-state index in [2.05, 4.69) is 11.3 Å². The first-order valence-electron chi connectivity index (χ1n) is 1.99. The van der Waals surface area contributed by atoms with Gasteiger partial charge in [0.25, 0.3) is 0 Å². The molecule has 0 bridgehead atoms. The van der Waals surface area contributed by atoms with Gasteiger partial charge in [0.2, 0.25) is 0 Å². The molecule has 4 heteroatoms. The molecule has 0 spiro atoms. The van der Waals surface area contributed by atoms with E-state index in [4.69, 9.17) is 5.11 Å². The zero-order valence-corrected chi connectivity index (χ0v) is 5.07. The summed E-state index contributed by atoms with van der Waals surface area (Å²) in [4.78, 5) is 9.71. The molecule has 0 rings (SSSR count). The van der Waals surface area contributed by atoms with Crippen molar-refractivity contribution in [2.45, 2.75) is 0 Å². The molecular weight excluding hydrogens is 126 g/mol. The normalized spacial score (nSPS) is 8.00. The van der Waals surface area contributed by atoms with E-state index in [0.717, 1.165) is 11.9 Å². The van der Waals surface area contributed by atoms with Gasteiger partial charge in [0.15, 0.2) is 0 Å². The predicted octanol–water partition coefficient (Wildman–Crippen LogP) is 1.09. The Morgan fingerprint density at radius 3 is 3.00 bits per heavy atom. The molecule has 0 aliphatic heterocycles. The van der Waals surface area contributed by atoms with Crippen LogP contribution in [0.3, 0.4) is 0 Å². The first-order valence-corrected chi connectivity index (χ1v) is 2.97. The average molecular weight is 133 g/mol. The summed E-state index contributed by atoms with van der Waals surface area (Å²) in [5.41, 5.74) is 0. The van der Waals surface area contributed by atoms with E-state index < -0.39 is 6.09 Å². The van der Waals surface area contributed by atoms with Crippen LogP contribution in [0.15, 0.2) is 12.7 Å². The number of nitrogens with one attached hydrogen (secondary N) is 1. The quantitative estimate of drug-likeness (QED) is 0.344. The number of rotatable bonds is 3. The van der Waals surface area contributed by atoms with Crippen LogP contribution in [0, 0.1) is 0 Å². The van der Waals surface area contributed by atoms with Crippen LogP contribution in [0.4, 0.5) is 4.79 Å². The molecule has 46 valence electrons. The lowest BCUT2D eigenvalue weighted by Gasteiger charge is -1.91. The highest BCUT2D eigenvalue weighted by Crippen LogP contribution is 1.90. The summed E-state index contributed by atoms with van der Waals surface area (Å²) in [5, 5.41) is 7.97. The van der Waals surface area contributed by atoms with E-state index in [-0.39, 0.29) is 0 Å². The van der Waals surface area contributed by atoms with Gasteiger partial charge in [0, 0.05) is 5.75 Å². The molecule has 0 aromatic rings. The van der Waals surface area contributed by atoms with Crippen molar-refractivity contribution in [1.29, 1.82) is 0 Å². The number of amides is 1. The molecule has 0 aromatic heterocycles. The summed E-state index contributed by atoms with van der Waals surface area (Å²) in [6.07, 6.45) is 0.609. The summed E-state index contributed by atoms with van der Waals surface area (Å²) < 4.78 is 2.11. The Kier molecular flexibility index (Phi) is 4.16. The van der Waals surface area contributed by atoms with E-state index in [0.29, 0.717) is 5.75 Å². The maximum atomic E-state index is 9.71. The molecule has 0 saturated heterocycles. The molecule has 0 unspecified atom stereocenters. The van der Waals surface area contributed by atoms with Crippen LogP contribution >= 0.6 is 11.9 Å². The van der Waals surface area contributed by atoms with Crippen molar-refractivity contribution in [1.82, 2.24) is 4.72 Å². The highest BCUT2D eigenvalue weighted by atomic mass is 32.2. The second-order valence-electron chi connectivity index (χ2n) is 1.01. The third-order valence-corrected chi connectivity index (χ3v) is 1.08. The van der Waals surface area contributed by atoms with Crippen molar-refractivity contribution in [3.8, 4) is 0 Å². The zero-order valence-electron chi connectivity index (χ0n) is 4.26. The van der Waals surface area contributed by atoms with Gasteiger partial charge < -0.3 is 5.11 Å². The van der Waals surface area contributed by atoms with Gasteiger partial charge in [-0.05, 0) is 11.9 Å². The van der Waals surface area contributed by atoms with Crippen LogP contribution in [0.25, 0.3) is 0 Å². The second kappa shape index (κ2) is 4.52. The van der Waals surface area contributed by atoms with E-state index in [9.17, 15) is 4.79 Å². The summed E-state index contributed by atoms with van der Waals surface area (Å²) in [6.45, 7) is 3.40. The van der Waals surface area contributed by atoms with Gasteiger partial charge in [-0.15, -0.1) is 6.58 Å². The van der Waals surface area contributed by atoms with Gasteiger partial charge in [-0.2, -0.15) is 0 Å². The maximum Gasteiger partial charge on any atom is 0.414 e. The fraction of sp³-hybridized carbons (Fsp3) is 0.250. The standard InChI is InChI=1S/C4H7NO2S/c1-2-3-8-5-4(6)7/h2,5H,1,3H2,(H,6,7). The number of hydrogen-bond acceptors (Lipinski definition) is 2. The van der Waals surface area contributed by atoms with E-state index in [1.54, 1.807) is 6.08 Å². The molecule has 0 heterocycles. The van der Waals surface area contributed by atoms with Crippen LogP contribution < -0.4 is 4.72 Å². The Hall–Kier alpha value is -0.640. The third kappa shape index (κ3) is 5.36.